The number of carbonyl (C=O) groups excluding carboxylic acids is 2. The molecule has 1 atom stereocenters. The molecule has 29 heavy (non-hydrogen) atoms. The smallest absolute Gasteiger partial charge is 0.337 e. The van der Waals surface area contributed by atoms with Crippen LogP contribution in [0.5, 0.6) is 0 Å². The average Bonchev–Trinajstić information content (AvgIpc) is 2.73. The normalized spacial score (nSPS) is 17.5. The highest BCUT2D eigenvalue weighted by atomic mass is 32.2. The summed E-state index contributed by atoms with van der Waals surface area (Å²) < 4.78 is 31.9. The third kappa shape index (κ3) is 4.83. The van der Waals surface area contributed by atoms with Crippen LogP contribution in [0.3, 0.4) is 0 Å². The first-order valence-electron chi connectivity index (χ1n) is 9.37. The Kier molecular flexibility index (Phi) is 6.34. The molecule has 0 aromatic heterocycles. The molecule has 2 aromatic carbocycles. The molecule has 154 valence electrons. The van der Waals surface area contributed by atoms with Gasteiger partial charge in [0.25, 0.3) is 0 Å². The lowest BCUT2D eigenvalue weighted by Gasteiger charge is -2.31. The molecule has 0 bridgehead atoms. The van der Waals surface area contributed by atoms with Crippen molar-refractivity contribution in [3.8, 4) is 0 Å². The Hall–Kier alpha value is -2.71. The second-order valence-corrected chi connectivity index (χ2v) is 9.01. The van der Waals surface area contributed by atoms with Crippen LogP contribution in [-0.2, 0) is 19.6 Å². The number of rotatable bonds is 5. The Morgan fingerprint density at radius 1 is 1.14 bits per heavy atom. The molecule has 1 N–H and O–H groups in total. The first-order valence-corrected chi connectivity index (χ1v) is 10.8. The van der Waals surface area contributed by atoms with Crippen LogP contribution in [-0.4, -0.2) is 44.8 Å². The summed E-state index contributed by atoms with van der Waals surface area (Å²) in [6.45, 7) is 2.41. The van der Waals surface area contributed by atoms with Crippen molar-refractivity contribution in [3.05, 3.63) is 59.7 Å². The number of sulfonamides is 1. The second kappa shape index (κ2) is 8.75. The fourth-order valence-electron chi connectivity index (χ4n) is 3.32. The van der Waals surface area contributed by atoms with Gasteiger partial charge in [0.15, 0.2) is 0 Å². The molecule has 2 aromatic rings. The molecular formula is C21H24N2O5S. The number of ether oxygens (including phenoxy) is 1. The maximum absolute atomic E-state index is 12.9. The van der Waals surface area contributed by atoms with Gasteiger partial charge in [-0.25, -0.2) is 13.2 Å². The molecule has 0 saturated carbocycles. The van der Waals surface area contributed by atoms with Crippen LogP contribution in [0.2, 0.25) is 0 Å². The van der Waals surface area contributed by atoms with Gasteiger partial charge in [-0.2, -0.15) is 4.31 Å². The zero-order valence-electron chi connectivity index (χ0n) is 16.4. The molecule has 3 rings (SSSR count). The fourth-order valence-corrected chi connectivity index (χ4v) is 4.84. The van der Waals surface area contributed by atoms with E-state index in [1.807, 2.05) is 6.92 Å². The number of benzene rings is 2. The number of anilines is 1. The van der Waals surface area contributed by atoms with Crippen molar-refractivity contribution in [1.29, 1.82) is 0 Å². The molecule has 1 fully saturated rings. The number of nitrogens with one attached hydrogen (secondary N) is 1. The summed E-state index contributed by atoms with van der Waals surface area (Å²) in [4.78, 5) is 24.6. The van der Waals surface area contributed by atoms with Crippen molar-refractivity contribution in [2.75, 3.05) is 25.5 Å². The molecule has 1 heterocycles. The van der Waals surface area contributed by atoms with Crippen molar-refractivity contribution < 1.29 is 22.7 Å². The number of carbonyl (C=O) groups is 2. The minimum absolute atomic E-state index is 0.124. The van der Waals surface area contributed by atoms with Crippen LogP contribution in [0.1, 0.15) is 28.8 Å². The highest BCUT2D eigenvalue weighted by molar-refractivity contribution is 7.89. The maximum Gasteiger partial charge on any atom is 0.337 e. The van der Waals surface area contributed by atoms with Gasteiger partial charge >= 0.3 is 5.97 Å². The summed E-state index contributed by atoms with van der Waals surface area (Å²) >= 11 is 0. The van der Waals surface area contributed by atoms with Gasteiger partial charge in [0.1, 0.15) is 0 Å². The summed E-state index contributed by atoms with van der Waals surface area (Å²) in [5.41, 5.74) is 1.78. The predicted molar refractivity (Wildman–Crippen MR) is 109 cm³/mol. The first-order chi connectivity index (χ1) is 13.8. The lowest BCUT2D eigenvalue weighted by Crippen LogP contribution is -2.43. The van der Waals surface area contributed by atoms with Crippen molar-refractivity contribution in [3.63, 3.8) is 0 Å². The minimum atomic E-state index is -3.65. The highest BCUT2D eigenvalue weighted by Gasteiger charge is 2.33. The number of piperidine rings is 1. The van der Waals surface area contributed by atoms with Crippen LogP contribution in [0.4, 0.5) is 5.69 Å². The Balaban J connectivity index is 1.71. The van der Waals surface area contributed by atoms with Gasteiger partial charge in [-0.3, -0.25) is 4.79 Å². The third-order valence-corrected chi connectivity index (χ3v) is 6.84. The van der Waals surface area contributed by atoms with Crippen molar-refractivity contribution >= 4 is 27.6 Å². The van der Waals surface area contributed by atoms with E-state index in [1.165, 1.54) is 17.5 Å². The highest BCUT2D eigenvalue weighted by Crippen LogP contribution is 2.25. The molecule has 0 aliphatic carbocycles. The lowest BCUT2D eigenvalue weighted by atomic mass is 9.98. The molecule has 1 aliphatic rings. The fraction of sp³-hybridized carbons (Fsp3) is 0.333. The van der Waals surface area contributed by atoms with Gasteiger partial charge in [0.2, 0.25) is 15.9 Å². The molecule has 1 aliphatic heterocycles. The van der Waals surface area contributed by atoms with Crippen LogP contribution in [0, 0.1) is 12.8 Å². The number of methoxy groups -OCH3 is 1. The van der Waals surface area contributed by atoms with E-state index in [-0.39, 0.29) is 17.3 Å². The monoisotopic (exact) mass is 416 g/mol. The SMILES string of the molecule is COC(=O)c1cccc(NC(=O)C2CCCN(S(=O)(=O)c3ccc(C)cc3)C2)c1. The van der Waals surface area contributed by atoms with Crippen molar-refractivity contribution in [2.24, 2.45) is 5.92 Å². The molecule has 1 amide bonds. The second-order valence-electron chi connectivity index (χ2n) is 7.08. The molecule has 8 heteroatoms. The Labute approximate surface area is 170 Å². The van der Waals surface area contributed by atoms with E-state index in [0.29, 0.717) is 30.6 Å². The Bertz CT molecular complexity index is 1000. The zero-order valence-corrected chi connectivity index (χ0v) is 17.2. The molecule has 0 radical (unpaired) electrons. The van der Waals surface area contributed by atoms with Gasteiger partial charge in [0.05, 0.1) is 23.5 Å². The quantitative estimate of drug-likeness (QED) is 0.757. The molecular weight excluding hydrogens is 392 g/mol. The minimum Gasteiger partial charge on any atom is -0.465 e. The van der Waals surface area contributed by atoms with Gasteiger partial charge in [-0.15, -0.1) is 0 Å². The van der Waals surface area contributed by atoms with Gasteiger partial charge in [0, 0.05) is 18.8 Å². The van der Waals surface area contributed by atoms with Crippen LogP contribution >= 0.6 is 0 Å². The number of amides is 1. The predicted octanol–water partition coefficient (Wildman–Crippen LogP) is 2.82. The molecule has 1 unspecified atom stereocenters. The van der Waals surface area contributed by atoms with Gasteiger partial charge in [-0.1, -0.05) is 23.8 Å². The van der Waals surface area contributed by atoms with Crippen LogP contribution in [0.25, 0.3) is 0 Å². The summed E-state index contributed by atoms with van der Waals surface area (Å²) in [6.07, 6.45) is 1.20. The molecule has 7 nitrogen and oxygen atoms in total. The van der Waals surface area contributed by atoms with Crippen LogP contribution in [0.15, 0.2) is 53.4 Å². The summed E-state index contributed by atoms with van der Waals surface area (Å²) in [5.74, 6) is -1.23. The average molecular weight is 416 g/mol. The topological polar surface area (TPSA) is 92.8 Å². The zero-order chi connectivity index (χ0) is 21.0. The van der Waals surface area contributed by atoms with E-state index in [0.717, 1.165) is 5.56 Å². The van der Waals surface area contributed by atoms with E-state index in [2.05, 4.69) is 10.1 Å². The van der Waals surface area contributed by atoms with Crippen molar-refractivity contribution in [2.45, 2.75) is 24.7 Å². The number of aryl methyl sites for hydroxylation is 1. The molecule has 0 spiro atoms. The van der Waals surface area contributed by atoms with E-state index < -0.39 is 21.9 Å². The number of hydrogen-bond donors (Lipinski definition) is 1. The first kappa shape index (κ1) is 21.0. The summed E-state index contributed by atoms with van der Waals surface area (Å²) in [5, 5.41) is 2.78. The maximum atomic E-state index is 12.9. The largest absolute Gasteiger partial charge is 0.465 e. The Morgan fingerprint density at radius 3 is 2.55 bits per heavy atom. The summed E-state index contributed by atoms with van der Waals surface area (Å²) in [6, 6.07) is 13.2. The Morgan fingerprint density at radius 2 is 1.86 bits per heavy atom. The van der Waals surface area contributed by atoms with E-state index >= 15 is 0 Å². The summed E-state index contributed by atoms with van der Waals surface area (Å²) in [7, 11) is -2.36. The standard InChI is InChI=1S/C21H24N2O5S/c1-15-8-10-19(11-9-15)29(26,27)23-12-4-6-17(14-23)20(24)22-18-7-3-5-16(13-18)21(25)28-2/h3,5,7-11,13,17H,4,6,12,14H2,1-2H3,(H,22,24). The van der Waals surface area contributed by atoms with Crippen LogP contribution < -0.4 is 5.32 Å². The third-order valence-electron chi connectivity index (χ3n) is 4.96. The van der Waals surface area contributed by atoms with E-state index in [1.54, 1.807) is 42.5 Å². The van der Waals surface area contributed by atoms with Gasteiger partial charge in [-0.05, 0) is 50.1 Å². The number of nitrogens with zero attached hydrogens (tertiary/aromatic N) is 1. The van der Waals surface area contributed by atoms with Crippen molar-refractivity contribution in [1.82, 2.24) is 4.31 Å². The van der Waals surface area contributed by atoms with E-state index in [4.69, 9.17) is 0 Å². The van der Waals surface area contributed by atoms with E-state index in [9.17, 15) is 18.0 Å². The van der Waals surface area contributed by atoms with Gasteiger partial charge < -0.3 is 10.1 Å². The number of hydrogen-bond acceptors (Lipinski definition) is 5. The lowest BCUT2D eigenvalue weighted by molar-refractivity contribution is -0.120. The number of esters is 1. The molecule has 1 saturated heterocycles.